The Hall–Kier alpha value is -2.33. The van der Waals surface area contributed by atoms with Crippen LogP contribution >= 0.6 is 23.3 Å². The molecule has 5 rings (SSSR count). The molecule has 0 bridgehead atoms. The molecule has 0 amide bonds. The lowest BCUT2D eigenvalue weighted by Gasteiger charge is -2.33. The third kappa shape index (κ3) is 3.98. The zero-order valence-corrected chi connectivity index (χ0v) is 18.2. The smallest absolute Gasteiger partial charge is 0.291 e. The van der Waals surface area contributed by atoms with Gasteiger partial charge in [-0.2, -0.15) is 5.26 Å². The van der Waals surface area contributed by atoms with Crippen LogP contribution in [0.25, 0.3) is 16.3 Å². The topological polar surface area (TPSA) is 91.4 Å². The van der Waals surface area contributed by atoms with Crippen molar-refractivity contribution in [3.05, 3.63) is 23.5 Å². The maximum absolute atomic E-state index is 13.0. The molecule has 162 valence electrons. The van der Waals surface area contributed by atoms with E-state index in [2.05, 4.69) is 30.9 Å². The molecule has 1 saturated carbocycles. The van der Waals surface area contributed by atoms with Gasteiger partial charge in [-0.25, -0.2) is 18.5 Å². The molecule has 1 unspecified atom stereocenters. The summed E-state index contributed by atoms with van der Waals surface area (Å²) in [5.74, 6) is 0. The summed E-state index contributed by atoms with van der Waals surface area (Å²) in [6.45, 7) is 4.08. The summed E-state index contributed by atoms with van der Waals surface area (Å²) in [4.78, 5) is 7.68. The van der Waals surface area contributed by atoms with Crippen molar-refractivity contribution in [3.63, 3.8) is 0 Å². The quantitative estimate of drug-likeness (QED) is 0.554. The number of rotatable bonds is 6. The van der Waals surface area contributed by atoms with Gasteiger partial charge < -0.3 is 9.64 Å². The van der Waals surface area contributed by atoms with Crippen molar-refractivity contribution in [2.45, 2.75) is 42.7 Å². The predicted molar refractivity (Wildman–Crippen MR) is 113 cm³/mol. The number of hydrogen-bond donors (Lipinski definition) is 1. The van der Waals surface area contributed by atoms with Crippen LogP contribution in [-0.4, -0.2) is 50.9 Å². The number of aromatic nitrogens is 4. The Labute approximate surface area is 185 Å². The molecule has 1 saturated heterocycles. The van der Waals surface area contributed by atoms with Crippen LogP contribution in [0.2, 0.25) is 0 Å². The van der Waals surface area contributed by atoms with Gasteiger partial charge in [0.05, 0.1) is 30.7 Å². The molecule has 3 aromatic rings. The van der Waals surface area contributed by atoms with Crippen LogP contribution in [0.15, 0.2) is 23.4 Å². The molecule has 0 aromatic carbocycles. The normalized spacial score (nSPS) is 20.4. The van der Waals surface area contributed by atoms with Gasteiger partial charge >= 0.3 is 0 Å². The molecular formula is C19H19F2N7OS2. The van der Waals surface area contributed by atoms with E-state index in [1.807, 2.05) is 23.6 Å². The monoisotopic (exact) mass is 463 g/mol. The van der Waals surface area contributed by atoms with E-state index in [1.54, 1.807) is 6.20 Å². The van der Waals surface area contributed by atoms with E-state index in [0.717, 1.165) is 47.9 Å². The first-order valence-corrected chi connectivity index (χ1v) is 11.5. The number of alkyl halides is 2. The maximum atomic E-state index is 13.0. The van der Waals surface area contributed by atoms with Crippen LogP contribution in [-0.2, 0) is 4.74 Å². The van der Waals surface area contributed by atoms with Gasteiger partial charge in [0.25, 0.3) is 6.43 Å². The average molecular weight is 464 g/mol. The molecule has 1 N–H and O–H groups in total. The van der Waals surface area contributed by atoms with Crippen molar-refractivity contribution >= 4 is 34.6 Å². The summed E-state index contributed by atoms with van der Waals surface area (Å²) in [7, 11) is 0. The summed E-state index contributed by atoms with van der Waals surface area (Å²) in [5.41, 5.74) is 1.76. The molecule has 0 radical (unpaired) electrons. The summed E-state index contributed by atoms with van der Waals surface area (Å²) >= 11 is 2.25. The first-order chi connectivity index (χ1) is 15.0. The fourth-order valence-corrected chi connectivity index (χ4v) is 5.07. The van der Waals surface area contributed by atoms with Crippen LogP contribution in [0.5, 0.6) is 0 Å². The lowest BCUT2D eigenvalue weighted by Crippen LogP contribution is -2.41. The summed E-state index contributed by atoms with van der Waals surface area (Å²) < 4.78 is 36.9. The molecule has 3 aromatic heterocycles. The fourth-order valence-electron chi connectivity index (χ4n) is 3.47. The molecule has 8 nitrogen and oxygen atoms in total. The number of halogens is 2. The standard InChI is InChI=1S/C19H19F2N7OS2/c1-11-8-27(4-5-29-11)13-6-12(31-26-19(10-22)2-3-19)9-28-14(7-23-16(13)28)17-24-25-18(30-17)15(20)21/h6-7,9,11,15,26H,2-5,8H2,1H3. The van der Waals surface area contributed by atoms with Gasteiger partial charge in [0.15, 0.2) is 15.7 Å². The lowest BCUT2D eigenvalue weighted by molar-refractivity contribution is 0.0533. The zero-order valence-electron chi connectivity index (χ0n) is 16.6. The minimum Gasteiger partial charge on any atom is -0.375 e. The fraction of sp³-hybridized carbons (Fsp3) is 0.474. The van der Waals surface area contributed by atoms with Crippen LogP contribution in [0.1, 0.15) is 31.2 Å². The Kier molecular flexibility index (Phi) is 5.29. The van der Waals surface area contributed by atoms with Crippen LogP contribution in [0.3, 0.4) is 0 Å². The highest BCUT2D eigenvalue weighted by atomic mass is 32.2. The SMILES string of the molecule is CC1CN(c2cc(SNC3(C#N)CC3)cn3c(-c4nnc(C(F)F)s4)cnc23)CCO1. The van der Waals surface area contributed by atoms with Crippen molar-refractivity contribution < 1.29 is 13.5 Å². The maximum Gasteiger partial charge on any atom is 0.291 e. The van der Waals surface area contributed by atoms with E-state index in [9.17, 15) is 14.0 Å². The third-order valence-electron chi connectivity index (χ3n) is 5.32. The van der Waals surface area contributed by atoms with Gasteiger partial charge in [0, 0.05) is 24.2 Å². The number of ether oxygens (including phenoxy) is 1. The molecule has 31 heavy (non-hydrogen) atoms. The van der Waals surface area contributed by atoms with Gasteiger partial charge in [0.2, 0.25) is 0 Å². The lowest BCUT2D eigenvalue weighted by atomic mass is 10.2. The number of nitriles is 1. The van der Waals surface area contributed by atoms with E-state index in [4.69, 9.17) is 4.74 Å². The van der Waals surface area contributed by atoms with Crippen molar-refractivity contribution in [1.82, 2.24) is 24.3 Å². The highest BCUT2D eigenvalue weighted by molar-refractivity contribution is 7.97. The highest BCUT2D eigenvalue weighted by Crippen LogP contribution is 2.39. The minimum absolute atomic E-state index is 0.0859. The number of nitrogens with zero attached hydrogens (tertiary/aromatic N) is 6. The summed E-state index contributed by atoms with van der Waals surface area (Å²) in [6, 6.07) is 4.37. The van der Waals surface area contributed by atoms with Gasteiger partial charge in [0.1, 0.15) is 11.2 Å². The van der Waals surface area contributed by atoms with Crippen molar-refractivity contribution in [2.75, 3.05) is 24.6 Å². The Bertz CT molecular complexity index is 1150. The minimum atomic E-state index is -2.66. The summed E-state index contributed by atoms with van der Waals surface area (Å²) in [6.07, 6.45) is 2.60. The van der Waals surface area contributed by atoms with Gasteiger partial charge in [-0.15, -0.1) is 10.2 Å². The Morgan fingerprint density at radius 2 is 2.26 bits per heavy atom. The molecular weight excluding hydrogens is 444 g/mol. The van der Waals surface area contributed by atoms with Crippen molar-refractivity contribution in [3.8, 4) is 16.8 Å². The second kappa shape index (κ2) is 7.98. The predicted octanol–water partition coefficient (Wildman–Crippen LogP) is 3.67. The van der Waals surface area contributed by atoms with E-state index in [1.165, 1.54) is 11.9 Å². The van der Waals surface area contributed by atoms with Gasteiger partial charge in [-0.05, 0) is 37.8 Å². The number of anilines is 1. The number of imidazole rings is 1. The summed E-state index contributed by atoms with van der Waals surface area (Å²) in [5, 5.41) is 17.0. The zero-order chi connectivity index (χ0) is 21.6. The van der Waals surface area contributed by atoms with E-state index < -0.39 is 12.0 Å². The second-order valence-electron chi connectivity index (χ2n) is 7.67. The molecule has 4 heterocycles. The molecule has 12 heteroatoms. The number of nitrogens with one attached hydrogen (secondary N) is 1. The van der Waals surface area contributed by atoms with Crippen molar-refractivity contribution in [2.24, 2.45) is 0 Å². The Balaban J connectivity index is 1.57. The number of hydrogen-bond acceptors (Lipinski definition) is 9. The second-order valence-corrected chi connectivity index (χ2v) is 9.56. The number of fused-ring (bicyclic) bond motifs is 1. The van der Waals surface area contributed by atoms with E-state index in [0.29, 0.717) is 23.0 Å². The largest absolute Gasteiger partial charge is 0.375 e. The van der Waals surface area contributed by atoms with Crippen LogP contribution < -0.4 is 9.62 Å². The number of pyridine rings is 1. The van der Waals surface area contributed by atoms with Gasteiger partial charge in [-0.1, -0.05) is 11.3 Å². The van der Waals surface area contributed by atoms with Crippen molar-refractivity contribution in [1.29, 1.82) is 5.26 Å². The third-order valence-corrected chi connectivity index (χ3v) is 7.22. The Morgan fingerprint density at radius 3 is 2.94 bits per heavy atom. The molecule has 1 atom stereocenters. The highest BCUT2D eigenvalue weighted by Gasteiger charge is 2.43. The first-order valence-electron chi connectivity index (χ1n) is 9.83. The molecule has 2 aliphatic rings. The van der Waals surface area contributed by atoms with Crippen LogP contribution in [0, 0.1) is 11.3 Å². The van der Waals surface area contributed by atoms with Gasteiger partial charge in [-0.3, -0.25) is 4.40 Å². The Morgan fingerprint density at radius 1 is 1.42 bits per heavy atom. The molecule has 0 spiro atoms. The van der Waals surface area contributed by atoms with E-state index in [-0.39, 0.29) is 11.1 Å². The molecule has 1 aliphatic heterocycles. The molecule has 2 fully saturated rings. The van der Waals surface area contributed by atoms with Crippen LogP contribution in [0.4, 0.5) is 14.5 Å². The number of morpholine rings is 1. The average Bonchev–Trinajstić information content (AvgIpc) is 3.17. The van der Waals surface area contributed by atoms with E-state index >= 15 is 0 Å². The molecule has 1 aliphatic carbocycles. The first kappa shape index (κ1) is 20.6.